The number of anilines is 1. The Hall–Kier alpha value is -1.57. The van der Waals surface area contributed by atoms with Crippen molar-refractivity contribution in [3.8, 4) is 0 Å². The zero-order valence-corrected chi connectivity index (χ0v) is 23.1. The van der Waals surface area contributed by atoms with Crippen molar-refractivity contribution in [2.24, 2.45) is 0 Å². The van der Waals surface area contributed by atoms with Gasteiger partial charge in [-0.15, -0.1) is 0 Å². The van der Waals surface area contributed by atoms with E-state index in [1.54, 1.807) is 4.57 Å². The minimum atomic E-state index is -5.53. The fourth-order valence-electron chi connectivity index (χ4n) is 3.22. The highest BCUT2D eigenvalue weighted by molar-refractivity contribution is 7.68. The molecule has 0 aliphatic carbocycles. The van der Waals surface area contributed by atoms with Gasteiger partial charge in [0.2, 0.25) is 0 Å². The highest BCUT2D eigenvalue weighted by Crippen LogP contribution is 2.65. The first kappa shape index (κ1) is 31.6. The second kappa shape index (κ2) is 14.0. The van der Waals surface area contributed by atoms with Crippen LogP contribution < -0.4 is 5.32 Å². The quantitative estimate of drug-likeness (QED) is 0.125. The average Bonchev–Trinajstić information content (AvgIpc) is 3.16. The van der Waals surface area contributed by atoms with Gasteiger partial charge in [0.05, 0.1) is 19.0 Å². The molecule has 0 radical (unpaired) electrons. The predicted octanol–water partition coefficient (Wildman–Crippen LogP) is 2.94. The number of unbranched alkanes of at least 4 members (excludes halogenated alkanes) is 2. The molecule has 3 atom stereocenters. The number of hydrogen-bond acceptors (Lipinski definition) is 11. The van der Waals surface area contributed by atoms with Gasteiger partial charge in [0.25, 0.3) is 0 Å². The summed E-state index contributed by atoms with van der Waals surface area (Å²) >= 11 is 0. The number of ether oxygens (including phenoxy) is 1. The number of rotatable bonds is 18. The molecular formula is C18H32N5O11P3. The van der Waals surface area contributed by atoms with E-state index in [0.29, 0.717) is 42.8 Å². The molecule has 2 aromatic rings. The summed E-state index contributed by atoms with van der Waals surface area (Å²) in [5, 5.41) is 3.15. The number of fused-ring (bicyclic) bond motifs is 1. The van der Waals surface area contributed by atoms with Crippen LogP contribution in [-0.4, -0.2) is 63.9 Å². The van der Waals surface area contributed by atoms with Crippen LogP contribution in [0.25, 0.3) is 11.2 Å². The average molecular weight is 587 g/mol. The number of Topliss-reactive ketones (excluding diaryl/α,β-unsaturated/α-hetero) is 1. The lowest BCUT2D eigenvalue weighted by Gasteiger charge is -2.19. The number of hydrogen-bond donors (Lipinski definition) is 5. The van der Waals surface area contributed by atoms with Crippen molar-refractivity contribution in [2.45, 2.75) is 65.0 Å². The van der Waals surface area contributed by atoms with Crippen molar-refractivity contribution in [1.29, 1.82) is 0 Å². The maximum absolute atomic E-state index is 12.0. The van der Waals surface area contributed by atoms with Gasteiger partial charge in [-0.25, -0.2) is 28.4 Å². The van der Waals surface area contributed by atoms with Crippen molar-refractivity contribution in [1.82, 2.24) is 19.5 Å². The molecular weight excluding hydrogens is 555 g/mol. The van der Waals surface area contributed by atoms with E-state index in [2.05, 4.69) is 35.8 Å². The first-order chi connectivity index (χ1) is 17.2. The zero-order chi connectivity index (χ0) is 27.7. The number of carbonyl (C=O) groups excluding carboxylic acids is 1. The van der Waals surface area contributed by atoms with E-state index in [4.69, 9.17) is 14.5 Å². The van der Waals surface area contributed by atoms with E-state index in [1.165, 1.54) is 19.6 Å². The zero-order valence-electron chi connectivity index (χ0n) is 20.4. The number of nitrogens with one attached hydrogen (secondary N) is 1. The summed E-state index contributed by atoms with van der Waals surface area (Å²) < 4.78 is 48.4. The van der Waals surface area contributed by atoms with Crippen LogP contribution in [0.5, 0.6) is 0 Å². The molecule has 5 N–H and O–H groups in total. The molecule has 0 aliphatic heterocycles. The van der Waals surface area contributed by atoms with E-state index >= 15 is 0 Å². The summed E-state index contributed by atoms with van der Waals surface area (Å²) in [6.45, 7) is 4.25. The van der Waals surface area contributed by atoms with Gasteiger partial charge in [-0.3, -0.25) is 9.36 Å². The molecule has 0 bridgehead atoms. The third kappa shape index (κ3) is 11.8. The number of imidazole rings is 1. The van der Waals surface area contributed by atoms with E-state index in [0.717, 1.165) is 19.3 Å². The summed E-state index contributed by atoms with van der Waals surface area (Å²) in [6.07, 6.45) is 5.72. The van der Waals surface area contributed by atoms with Crippen molar-refractivity contribution < 1.29 is 51.4 Å². The molecule has 0 fully saturated rings. The number of phosphoric acid groups is 2. The summed E-state index contributed by atoms with van der Waals surface area (Å²) in [5.74, 6) is 0.711. The number of ketones is 1. The first-order valence-electron chi connectivity index (χ1n) is 11.4. The SMILES string of the molecule is CCCCCC(=O)CCCNc1ncnc2c1ncn2C[C@@H](C)OCP(=O)(O)OP(=O)(O)OP(=O)(O)O. The monoisotopic (exact) mass is 587 g/mol. The van der Waals surface area contributed by atoms with E-state index in [9.17, 15) is 28.3 Å². The van der Waals surface area contributed by atoms with Crippen LogP contribution in [0.1, 0.15) is 52.4 Å². The number of nitrogens with zero attached hydrogens (tertiary/aromatic N) is 4. The Kier molecular flexibility index (Phi) is 12.0. The molecule has 210 valence electrons. The molecule has 37 heavy (non-hydrogen) atoms. The lowest BCUT2D eigenvalue weighted by Crippen LogP contribution is -2.17. The van der Waals surface area contributed by atoms with E-state index in [1.807, 2.05) is 0 Å². The van der Waals surface area contributed by atoms with Crippen molar-refractivity contribution in [3.05, 3.63) is 12.7 Å². The van der Waals surface area contributed by atoms with Crippen LogP contribution in [0.4, 0.5) is 5.82 Å². The van der Waals surface area contributed by atoms with Crippen molar-refractivity contribution in [2.75, 3.05) is 18.2 Å². The third-order valence-corrected chi connectivity index (χ3v) is 8.80. The van der Waals surface area contributed by atoms with Crippen molar-refractivity contribution >= 4 is 46.0 Å². The van der Waals surface area contributed by atoms with E-state index in [-0.39, 0.29) is 12.3 Å². The highest BCUT2D eigenvalue weighted by atomic mass is 31.3. The van der Waals surface area contributed by atoms with Gasteiger partial charge in [-0.05, 0) is 19.8 Å². The first-order valence-corrected chi connectivity index (χ1v) is 16.2. The van der Waals surface area contributed by atoms with Crippen LogP contribution in [-0.2, 0) is 38.4 Å². The van der Waals surface area contributed by atoms with Gasteiger partial charge < -0.3 is 34.2 Å². The molecule has 0 saturated carbocycles. The maximum atomic E-state index is 12.0. The van der Waals surface area contributed by atoms with Gasteiger partial charge in [0.15, 0.2) is 11.5 Å². The molecule has 2 rings (SSSR count). The summed E-state index contributed by atoms with van der Waals surface area (Å²) in [5.41, 5.74) is 0.915. The van der Waals surface area contributed by atoms with Crippen LogP contribution >= 0.6 is 23.2 Å². The fraction of sp³-hybridized carbons (Fsp3) is 0.667. The molecule has 2 heterocycles. The lowest BCUT2D eigenvalue weighted by atomic mass is 10.1. The van der Waals surface area contributed by atoms with Crippen LogP contribution in [0, 0.1) is 0 Å². The van der Waals surface area contributed by atoms with Crippen LogP contribution in [0.2, 0.25) is 0 Å². The smallest absolute Gasteiger partial charge is 0.368 e. The maximum Gasteiger partial charge on any atom is 0.488 e. The predicted molar refractivity (Wildman–Crippen MR) is 131 cm³/mol. The van der Waals surface area contributed by atoms with Crippen LogP contribution in [0.15, 0.2) is 12.7 Å². The van der Waals surface area contributed by atoms with Crippen molar-refractivity contribution in [3.63, 3.8) is 0 Å². The second-order valence-corrected chi connectivity index (χ2v) is 12.9. The summed E-state index contributed by atoms with van der Waals surface area (Å²) in [4.78, 5) is 60.6. The van der Waals surface area contributed by atoms with Gasteiger partial charge in [-0.2, -0.15) is 4.31 Å². The van der Waals surface area contributed by atoms with E-state index < -0.39 is 35.7 Å². The minimum Gasteiger partial charge on any atom is -0.368 e. The molecule has 19 heteroatoms. The van der Waals surface area contributed by atoms with Gasteiger partial charge in [0.1, 0.15) is 24.0 Å². The third-order valence-electron chi connectivity index (χ3n) is 4.80. The lowest BCUT2D eigenvalue weighted by molar-refractivity contribution is -0.119. The Bertz CT molecular complexity index is 1190. The molecule has 0 aliphatic rings. The Morgan fingerprint density at radius 3 is 2.43 bits per heavy atom. The molecule has 2 unspecified atom stereocenters. The molecule has 0 amide bonds. The Balaban J connectivity index is 1.89. The molecule has 0 saturated heterocycles. The standard InChI is InChI=1S/C18H32N5O11P3/c1-3-4-5-7-15(24)8-6-9-19-17-16-18(21-11-20-17)23(12-22-16)10-14(2)32-13-35(25,26)33-37(30,31)34-36(27,28)29/h11-12,14H,3-10,13H2,1-2H3,(H,25,26)(H,30,31)(H,19,20,21)(H2,27,28,29)/t14-/m1/s1. The van der Waals surface area contributed by atoms with Gasteiger partial charge in [0, 0.05) is 19.4 Å². The Morgan fingerprint density at radius 2 is 1.76 bits per heavy atom. The Morgan fingerprint density at radius 1 is 1.05 bits per heavy atom. The van der Waals surface area contributed by atoms with Gasteiger partial charge in [-0.1, -0.05) is 19.8 Å². The summed E-state index contributed by atoms with van der Waals surface area (Å²) in [7, 11) is -15.9. The molecule has 0 aromatic carbocycles. The fourth-order valence-corrected chi connectivity index (χ4v) is 6.60. The molecule has 0 spiro atoms. The minimum absolute atomic E-state index is 0.106. The largest absolute Gasteiger partial charge is 0.488 e. The van der Waals surface area contributed by atoms with Crippen LogP contribution in [0.3, 0.4) is 0 Å². The molecule has 2 aromatic heterocycles. The van der Waals surface area contributed by atoms with Gasteiger partial charge >= 0.3 is 23.2 Å². The Labute approximate surface area is 213 Å². The topological polar surface area (TPSA) is 233 Å². The highest BCUT2D eigenvalue weighted by Gasteiger charge is 2.39. The number of aromatic nitrogens is 4. The molecule has 16 nitrogen and oxygen atoms in total. The number of carbonyl (C=O) groups is 1. The normalized spacial score (nSPS) is 16.3. The summed E-state index contributed by atoms with van der Waals surface area (Å²) in [6, 6.07) is 0. The second-order valence-electron chi connectivity index (χ2n) is 8.18.